The number of carbonyl (C=O) groups is 1. The van der Waals surface area contributed by atoms with E-state index < -0.39 is 0 Å². The van der Waals surface area contributed by atoms with Crippen molar-refractivity contribution in [3.8, 4) is 0 Å². The van der Waals surface area contributed by atoms with Crippen molar-refractivity contribution in [2.75, 3.05) is 6.54 Å². The molecule has 0 radical (unpaired) electrons. The van der Waals surface area contributed by atoms with Gasteiger partial charge < -0.3 is 9.47 Å². The Bertz CT molecular complexity index is 751. The highest BCUT2D eigenvalue weighted by atomic mass is 16.2. The second kappa shape index (κ2) is 7.03. The molecule has 1 amide bonds. The Kier molecular flexibility index (Phi) is 4.60. The second-order valence-corrected chi connectivity index (χ2v) is 7.43. The summed E-state index contributed by atoms with van der Waals surface area (Å²) in [5.41, 5.74) is 3.54. The first kappa shape index (κ1) is 16.4. The number of aryl methyl sites for hydroxylation is 2. The van der Waals surface area contributed by atoms with Gasteiger partial charge >= 0.3 is 0 Å². The summed E-state index contributed by atoms with van der Waals surface area (Å²) in [4.78, 5) is 20.3. The molecule has 2 aliphatic rings. The normalized spacial score (nSPS) is 23.8. The molecule has 132 valence electrons. The van der Waals surface area contributed by atoms with Gasteiger partial charge in [-0.05, 0) is 55.9 Å². The van der Waals surface area contributed by atoms with Crippen molar-refractivity contribution >= 4 is 5.91 Å². The maximum absolute atomic E-state index is 13.6. The van der Waals surface area contributed by atoms with Crippen LogP contribution in [0.15, 0.2) is 36.7 Å². The van der Waals surface area contributed by atoms with E-state index in [9.17, 15) is 4.79 Å². The van der Waals surface area contributed by atoms with Crippen molar-refractivity contribution in [1.82, 2.24) is 14.5 Å². The number of fused-ring (bicyclic) bond motifs is 1. The third-order valence-corrected chi connectivity index (χ3v) is 5.85. The summed E-state index contributed by atoms with van der Waals surface area (Å²) in [6, 6.07) is 8.58. The maximum atomic E-state index is 13.6. The van der Waals surface area contributed by atoms with Crippen LogP contribution in [0.3, 0.4) is 0 Å². The molecule has 25 heavy (non-hydrogen) atoms. The van der Waals surface area contributed by atoms with E-state index in [2.05, 4.69) is 45.9 Å². The lowest BCUT2D eigenvalue weighted by Crippen LogP contribution is -2.40. The first-order valence-electron chi connectivity index (χ1n) is 9.61. The third kappa shape index (κ3) is 3.10. The number of pyridine rings is 1. The summed E-state index contributed by atoms with van der Waals surface area (Å²) in [6.07, 6.45) is 11.6. The molecule has 0 N–H and O–H groups in total. The smallest absolute Gasteiger partial charge is 0.232 e. The number of rotatable bonds is 2. The average molecular weight is 337 g/mol. The Labute approximate surface area is 149 Å². The number of hydrogen-bond acceptors (Lipinski definition) is 2. The van der Waals surface area contributed by atoms with Crippen LogP contribution in [0.1, 0.15) is 67.4 Å². The number of likely N-dealkylation sites (tertiary alicyclic amines) is 1. The van der Waals surface area contributed by atoms with Crippen molar-refractivity contribution in [2.24, 2.45) is 7.05 Å². The summed E-state index contributed by atoms with van der Waals surface area (Å²) in [5.74, 6) is 0.221. The highest BCUT2D eigenvalue weighted by Gasteiger charge is 2.35. The first-order valence-corrected chi connectivity index (χ1v) is 9.61. The summed E-state index contributed by atoms with van der Waals surface area (Å²) in [5, 5.41) is 0. The molecule has 0 spiro atoms. The van der Waals surface area contributed by atoms with Crippen LogP contribution in [-0.2, 0) is 18.3 Å². The largest absolute Gasteiger partial charge is 0.353 e. The van der Waals surface area contributed by atoms with Crippen LogP contribution in [0.2, 0.25) is 0 Å². The van der Waals surface area contributed by atoms with Crippen molar-refractivity contribution in [3.05, 3.63) is 53.6 Å². The monoisotopic (exact) mass is 337 g/mol. The van der Waals surface area contributed by atoms with Crippen molar-refractivity contribution in [1.29, 1.82) is 0 Å². The van der Waals surface area contributed by atoms with Crippen molar-refractivity contribution in [2.45, 2.75) is 56.9 Å². The summed E-state index contributed by atoms with van der Waals surface area (Å²) in [7, 11) is 2.08. The van der Waals surface area contributed by atoms with E-state index in [1.165, 1.54) is 24.1 Å². The van der Waals surface area contributed by atoms with Gasteiger partial charge in [0.2, 0.25) is 5.91 Å². The molecule has 2 aromatic rings. The molecule has 1 fully saturated rings. The molecule has 1 saturated heterocycles. The molecule has 3 heterocycles. The van der Waals surface area contributed by atoms with Gasteiger partial charge in [-0.25, -0.2) is 0 Å². The van der Waals surface area contributed by atoms with E-state index in [0.717, 1.165) is 44.3 Å². The molecule has 4 nitrogen and oxygen atoms in total. The van der Waals surface area contributed by atoms with Crippen LogP contribution < -0.4 is 0 Å². The van der Waals surface area contributed by atoms with Crippen LogP contribution in [0.5, 0.6) is 0 Å². The van der Waals surface area contributed by atoms with Gasteiger partial charge in [0.15, 0.2) is 0 Å². The number of amides is 1. The molecule has 2 atom stereocenters. The van der Waals surface area contributed by atoms with Crippen LogP contribution in [-0.4, -0.2) is 26.9 Å². The Hall–Kier alpha value is -2.10. The van der Waals surface area contributed by atoms with Gasteiger partial charge in [-0.3, -0.25) is 9.78 Å². The van der Waals surface area contributed by atoms with Crippen LogP contribution in [0.25, 0.3) is 0 Å². The molecule has 1 aliphatic heterocycles. The minimum Gasteiger partial charge on any atom is -0.353 e. The zero-order chi connectivity index (χ0) is 17.2. The Morgan fingerprint density at radius 1 is 1.12 bits per heavy atom. The number of aromatic nitrogens is 2. The molecular weight excluding hydrogens is 310 g/mol. The highest BCUT2D eigenvalue weighted by molar-refractivity contribution is 5.84. The Morgan fingerprint density at radius 3 is 2.88 bits per heavy atom. The maximum Gasteiger partial charge on any atom is 0.232 e. The fraction of sp³-hybridized carbons (Fsp3) is 0.524. The summed E-state index contributed by atoms with van der Waals surface area (Å²) < 4.78 is 2.17. The number of hydrogen-bond donors (Lipinski definition) is 0. The summed E-state index contributed by atoms with van der Waals surface area (Å²) in [6.45, 7) is 0.868. The molecule has 4 rings (SSSR count). The molecule has 2 aromatic heterocycles. The SMILES string of the molecule is Cn1cccc1[C@H]1CCCCCN1C(=O)[C@H]1CCCc2cccnc21. The van der Waals surface area contributed by atoms with Crippen molar-refractivity contribution < 1.29 is 4.79 Å². The first-order chi connectivity index (χ1) is 12.3. The van der Waals surface area contributed by atoms with Gasteiger partial charge in [0.25, 0.3) is 0 Å². The molecule has 1 aliphatic carbocycles. The molecule has 4 heteroatoms. The number of nitrogens with zero attached hydrogens (tertiary/aromatic N) is 3. The van der Waals surface area contributed by atoms with Gasteiger partial charge in [0.1, 0.15) is 0 Å². The van der Waals surface area contributed by atoms with E-state index in [4.69, 9.17) is 0 Å². The van der Waals surface area contributed by atoms with Crippen molar-refractivity contribution in [3.63, 3.8) is 0 Å². The zero-order valence-corrected chi connectivity index (χ0v) is 15.0. The van der Waals surface area contributed by atoms with E-state index in [1.807, 2.05) is 12.3 Å². The minimum absolute atomic E-state index is 0.0641. The van der Waals surface area contributed by atoms with E-state index in [0.29, 0.717) is 0 Å². The Balaban J connectivity index is 1.66. The average Bonchev–Trinajstić information content (AvgIpc) is 2.92. The lowest BCUT2D eigenvalue weighted by Gasteiger charge is -2.35. The summed E-state index contributed by atoms with van der Waals surface area (Å²) >= 11 is 0. The molecule has 0 unspecified atom stereocenters. The van der Waals surface area contributed by atoms with Crippen LogP contribution in [0.4, 0.5) is 0 Å². The zero-order valence-electron chi connectivity index (χ0n) is 15.0. The quantitative estimate of drug-likeness (QED) is 0.831. The van der Waals surface area contributed by atoms with Gasteiger partial charge in [-0.1, -0.05) is 18.9 Å². The number of carbonyl (C=O) groups excluding carboxylic acids is 1. The molecule has 0 aromatic carbocycles. The fourth-order valence-electron chi connectivity index (χ4n) is 4.55. The predicted octanol–water partition coefficient (Wildman–Crippen LogP) is 3.98. The standard InChI is InChI=1S/C21H27N3O/c1-23-14-7-12-18(23)19-11-3-2-4-15-24(19)21(25)17-10-5-8-16-9-6-13-22-20(16)17/h6-7,9,12-14,17,19H,2-5,8,10-11,15H2,1H3/t17-,19+/m0/s1. The van der Waals surface area contributed by atoms with E-state index in [1.54, 1.807) is 0 Å². The van der Waals surface area contributed by atoms with Gasteiger partial charge in [-0.2, -0.15) is 0 Å². The highest BCUT2D eigenvalue weighted by Crippen LogP contribution is 2.36. The topological polar surface area (TPSA) is 38.1 Å². The van der Waals surface area contributed by atoms with Crippen LogP contribution in [0, 0.1) is 0 Å². The van der Waals surface area contributed by atoms with Gasteiger partial charge in [0, 0.05) is 31.7 Å². The second-order valence-electron chi connectivity index (χ2n) is 7.43. The molecular formula is C21H27N3O. The predicted molar refractivity (Wildman–Crippen MR) is 98.3 cm³/mol. The lowest BCUT2D eigenvalue weighted by atomic mass is 9.85. The molecule has 0 saturated carbocycles. The Morgan fingerprint density at radius 2 is 2.04 bits per heavy atom. The van der Waals surface area contributed by atoms with Gasteiger partial charge in [0.05, 0.1) is 17.7 Å². The minimum atomic E-state index is -0.0641. The van der Waals surface area contributed by atoms with Crippen LogP contribution >= 0.6 is 0 Å². The van der Waals surface area contributed by atoms with Gasteiger partial charge in [-0.15, -0.1) is 0 Å². The fourth-order valence-corrected chi connectivity index (χ4v) is 4.55. The van der Waals surface area contributed by atoms with E-state index >= 15 is 0 Å². The lowest BCUT2D eigenvalue weighted by molar-refractivity contribution is -0.135. The third-order valence-electron chi connectivity index (χ3n) is 5.85. The molecule has 0 bridgehead atoms. The van der Waals surface area contributed by atoms with E-state index in [-0.39, 0.29) is 17.9 Å².